The minimum Gasteiger partial charge on any atom is -0.343 e. The fourth-order valence-electron chi connectivity index (χ4n) is 4.03. The molecule has 0 atom stereocenters. The summed E-state index contributed by atoms with van der Waals surface area (Å²) in [6, 6.07) is 3.06. The summed E-state index contributed by atoms with van der Waals surface area (Å²) in [6.45, 7) is 7.75. The van der Waals surface area contributed by atoms with Crippen LogP contribution in [0.25, 0.3) is 10.9 Å². The monoisotopic (exact) mass is 484 g/mol. The zero-order valence-electron chi connectivity index (χ0n) is 19.4. The molecule has 8 nitrogen and oxygen atoms in total. The summed E-state index contributed by atoms with van der Waals surface area (Å²) in [5.74, 6) is 6.31. The Bertz CT molecular complexity index is 1260. The Balaban J connectivity index is 1.69. The topological polar surface area (TPSA) is 87.4 Å². The van der Waals surface area contributed by atoms with Gasteiger partial charge in [-0.2, -0.15) is 0 Å². The van der Waals surface area contributed by atoms with Gasteiger partial charge in [0.05, 0.1) is 21.0 Å². The molecule has 1 saturated heterocycles. The molecule has 2 aromatic rings. The fourth-order valence-corrected chi connectivity index (χ4v) is 4.25. The highest BCUT2D eigenvalue weighted by atomic mass is 35.5. The van der Waals surface area contributed by atoms with Crippen LogP contribution in [0.15, 0.2) is 41.1 Å². The van der Waals surface area contributed by atoms with E-state index in [-0.39, 0.29) is 23.0 Å². The molecule has 0 bridgehead atoms. The van der Waals surface area contributed by atoms with Gasteiger partial charge in [-0.25, -0.2) is 14.4 Å². The number of hydrogen-bond acceptors (Lipinski definition) is 7. The second-order valence-electron chi connectivity index (χ2n) is 9.01. The van der Waals surface area contributed by atoms with Crippen molar-refractivity contribution in [1.82, 2.24) is 19.8 Å². The van der Waals surface area contributed by atoms with E-state index in [1.807, 2.05) is 13.8 Å². The Kier molecular flexibility index (Phi) is 6.84. The zero-order chi connectivity index (χ0) is 24.5. The third-order valence-corrected chi connectivity index (χ3v) is 6.51. The number of halogens is 2. The predicted octanol–water partition coefficient (Wildman–Crippen LogP) is 4.43. The quantitative estimate of drug-likeness (QED) is 0.390. The van der Waals surface area contributed by atoms with E-state index in [4.69, 9.17) is 11.6 Å². The van der Waals surface area contributed by atoms with Crippen LogP contribution in [-0.4, -0.2) is 63.5 Å². The minimum atomic E-state index is -0.446. The van der Waals surface area contributed by atoms with Crippen LogP contribution in [-0.2, 0) is 0 Å². The lowest BCUT2D eigenvalue weighted by Gasteiger charge is -2.40. The summed E-state index contributed by atoms with van der Waals surface area (Å²) in [5, 5.41) is 15.5. The van der Waals surface area contributed by atoms with E-state index < -0.39 is 10.5 Å². The van der Waals surface area contributed by atoms with Crippen molar-refractivity contribution >= 4 is 34.0 Å². The maximum Gasteiger partial charge on any atom is 0.285 e. The normalized spacial score (nSPS) is 17.9. The van der Waals surface area contributed by atoms with Crippen LogP contribution in [0.4, 0.5) is 15.9 Å². The number of nitrogens with one attached hydrogen (secondary N) is 1. The van der Waals surface area contributed by atoms with Crippen molar-refractivity contribution < 1.29 is 9.31 Å². The van der Waals surface area contributed by atoms with Crippen molar-refractivity contribution in [1.29, 1.82) is 0 Å². The number of piperazine rings is 1. The van der Waals surface area contributed by atoms with Crippen LogP contribution in [0.3, 0.4) is 0 Å². The number of hydrogen-bond donors (Lipinski definition) is 1. The summed E-state index contributed by atoms with van der Waals surface area (Å²) < 4.78 is 13.6. The average Bonchev–Trinajstić information content (AvgIpc) is 2.80. The average molecular weight is 485 g/mol. The van der Waals surface area contributed by atoms with Gasteiger partial charge in [-0.15, -0.1) is 0 Å². The molecule has 0 unspecified atom stereocenters. The Morgan fingerprint density at radius 3 is 2.62 bits per heavy atom. The largest absolute Gasteiger partial charge is 0.343 e. The van der Waals surface area contributed by atoms with Gasteiger partial charge in [0.1, 0.15) is 23.5 Å². The smallest absolute Gasteiger partial charge is 0.285 e. The molecule has 1 aromatic heterocycles. The molecular weight excluding hydrogens is 459 g/mol. The van der Waals surface area contributed by atoms with Crippen molar-refractivity contribution in [3.63, 3.8) is 0 Å². The summed E-state index contributed by atoms with van der Waals surface area (Å²) in [7, 11) is 2.09. The van der Waals surface area contributed by atoms with Crippen LogP contribution in [0.1, 0.15) is 32.3 Å². The number of rotatable bonds is 4. The van der Waals surface area contributed by atoms with Gasteiger partial charge < -0.3 is 10.2 Å². The lowest BCUT2D eigenvalue weighted by atomic mass is 10.0. The van der Waals surface area contributed by atoms with Gasteiger partial charge in [0.15, 0.2) is 0 Å². The first-order valence-electron chi connectivity index (χ1n) is 11.1. The fraction of sp³-hybridized carbons (Fsp3) is 0.417. The molecule has 1 N–H and O–H groups in total. The molecule has 2 heterocycles. The number of nitro groups is 1. The molecule has 34 heavy (non-hydrogen) atoms. The van der Waals surface area contributed by atoms with Crippen molar-refractivity contribution in [2.45, 2.75) is 32.2 Å². The Morgan fingerprint density at radius 2 is 1.94 bits per heavy atom. The first-order valence-corrected chi connectivity index (χ1v) is 11.4. The molecule has 1 fully saturated rings. The number of aromatic nitrogens is 2. The van der Waals surface area contributed by atoms with E-state index >= 15 is 0 Å². The van der Waals surface area contributed by atoms with Crippen molar-refractivity contribution in [2.24, 2.45) is 0 Å². The number of anilines is 1. The van der Waals surface area contributed by atoms with Crippen molar-refractivity contribution in [3.05, 3.63) is 56.8 Å². The first-order chi connectivity index (χ1) is 16.1. The molecule has 1 aromatic carbocycles. The van der Waals surface area contributed by atoms with Gasteiger partial charge in [0.2, 0.25) is 0 Å². The molecule has 0 spiro atoms. The van der Waals surface area contributed by atoms with Crippen LogP contribution in [0.2, 0.25) is 0 Å². The van der Waals surface area contributed by atoms with Crippen molar-refractivity contribution in [3.8, 4) is 11.8 Å². The maximum atomic E-state index is 13.6. The Morgan fingerprint density at radius 1 is 1.21 bits per heavy atom. The molecule has 0 saturated carbocycles. The summed E-state index contributed by atoms with van der Waals surface area (Å²) in [5.41, 5.74) is 0.946. The molecule has 2 aliphatic rings. The zero-order valence-corrected chi connectivity index (χ0v) is 20.1. The van der Waals surface area contributed by atoms with E-state index in [2.05, 4.69) is 44.0 Å². The molecule has 10 heteroatoms. The van der Waals surface area contributed by atoms with E-state index in [1.54, 1.807) is 6.07 Å². The molecule has 0 radical (unpaired) electrons. The van der Waals surface area contributed by atoms with Gasteiger partial charge in [-0.05, 0) is 39.5 Å². The number of fused-ring (bicyclic) bond motifs is 1. The van der Waals surface area contributed by atoms with Crippen LogP contribution < -0.4 is 5.32 Å². The van der Waals surface area contributed by atoms with Gasteiger partial charge in [0.25, 0.3) is 5.69 Å². The second-order valence-corrected chi connectivity index (χ2v) is 9.42. The van der Waals surface area contributed by atoms with Crippen molar-refractivity contribution in [2.75, 3.05) is 38.5 Å². The maximum absolute atomic E-state index is 13.6. The summed E-state index contributed by atoms with van der Waals surface area (Å²) in [6.07, 6.45) is 3.48. The lowest BCUT2D eigenvalue weighted by molar-refractivity contribution is -0.385. The SMILES string of the molecule is CN1CCN(C(C)(C)C#Cc2cc3ncnc(NC4=CC(Cl)=C(F)CC4)c3cc2[N+](=O)[O-])CC1. The van der Waals surface area contributed by atoms with E-state index in [1.165, 1.54) is 18.5 Å². The van der Waals surface area contributed by atoms with E-state index in [0.29, 0.717) is 34.4 Å². The summed E-state index contributed by atoms with van der Waals surface area (Å²) in [4.78, 5) is 24.5. The molecule has 178 valence electrons. The predicted molar refractivity (Wildman–Crippen MR) is 131 cm³/mol. The van der Waals surface area contributed by atoms with Gasteiger partial charge in [0, 0.05) is 49.7 Å². The highest BCUT2D eigenvalue weighted by Crippen LogP contribution is 2.32. The molecule has 1 aliphatic carbocycles. The van der Waals surface area contributed by atoms with E-state index in [9.17, 15) is 14.5 Å². The highest BCUT2D eigenvalue weighted by Gasteiger charge is 2.27. The standard InChI is InChI=1S/C24H26ClFN6O2/c1-24(2,31-10-8-30(3)9-11-31)7-6-16-12-21-18(14-22(16)32(33)34)23(28-15-27-21)29-17-4-5-20(26)19(25)13-17/h12-15H,4-5,8-11H2,1-3H3,(H,27,28,29). The second kappa shape index (κ2) is 9.66. The molecular formula is C24H26ClFN6O2. The van der Waals surface area contributed by atoms with Crippen LogP contribution in [0, 0.1) is 22.0 Å². The molecule has 4 rings (SSSR count). The third kappa shape index (κ3) is 5.20. The number of benzene rings is 1. The number of likely N-dealkylation sites (N-methyl/N-ethyl adjacent to an activating group) is 1. The first kappa shape index (κ1) is 24.1. The Hall–Kier alpha value is -3.06. The summed E-state index contributed by atoms with van der Waals surface area (Å²) >= 11 is 5.91. The molecule has 0 amide bonds. The van der Waals surface area contributed by atoms with E-state index in [0.717, 1.165) is 26.2 Å². The minimum absolute atomic E-state index is 0.0404. The van der Waals surface area contributed by atoms with Crippen LogP contribution >= 0.6 is 11.6 Å². The Labute approximate surface area is 202 Å². The highest BCUT2D eigenvalue weighted by molar-refractivity contribution is 6.31. The number of nitrogens with zero attached hydrogens (tertiary/aromatic N) is 5. The number of nitro benzene ring substituents is 1. The molecule has 1 aliphatic heterocycles. The lowest BCUT2D eigenvalue weighted by Crippen LogP contribution is -2.53. The van der Waals surface area contributed by atoms with Crippen LogP contribution in [0.5, 0.6) is 0 Å². The van der Waals surface area contributed by atoms with Gasteiger partial charge >= 0.3 is 0 Å². The number of allylic oxidation sites excluding steroid dienone is 4. The third-order valence-electron chi connectivity index (χ3n) is 6.20. The van der Waals surface area contributed by atoms with Gasteiger partial charge in [-0.3, -0.25) is 15.0 Å². The van der Waals surface area contributed by atoms with Gasteiger partial charge in [-0.1, -0.05) is 23.4 Å².